The molecule has 0 heterocycles. The van der Waals surface area contributed by atoms with Crippen molar-refractivity contribution in [1.82, 2.24) is 5.32 Å². The number of carbonyl (C=O) groups excluding carboxylic acids is 1. The minimum atomic E-state index is -5.15. The molecule has 1 aliphatic carbocycles. The third-order valence-corrected chi connectivity index (χ3v) is 12.2. The molecule has 352 valence electrons. The summed E-state index contributed by atoms with van der Waals surface area (Å²) in [4.78, 5) is 23.4. The monoisotopic (exact) mass is 876 g/mol. The molecule has 1 amide bonds. The first-order valence-corrected chi connectivity index (χ1v) is 25.0. The smallest absolute Gasteiger partial charge is 0.393 e. The van der Waals surface area contributed by atoms with Crippen molar-refractivity contribution in [2.45, 2.75) is 242 Å². The average molecular weight is 876 g/mol. The molecule has 0 aromatic heterocycles. The van der Waals surface area contributed by atoms with Crippen molar-refractivity contribution in [1.29, 1.82) is 0 Å². The number of hydrogen-bond acceptors (Lipinski definition) is 11. The number of unbranched alkanes of at least 4 members (excludes halogenated alkanes) is 21. The van der Waals surface area contributed by atoms with Gasteiger partial charge in [-0.2, -0.15) is 0 Å². The maximum atomic E-state index is 13.0. The van der Waals surface area contributed by atoms with Gasteiger partial charge in [-0.3, -0.25) is 13.8 Å². The van der Waals surface area contributed by atoms with E-state index in [0.29, 0.717) is 19.3 Å². The lowest BCUT2D eigenvalue weighted by Crippen LogP contribution is -2.64. The van der Waals surface area contributed by atoms with E-state index in [4.69, 9.17) is 9.05 Å². The van der Waals surface area contributed by atoms with Gasteiger partial charge in [0.1, 0.15) is 36.6 Å². The summed E-state index contributed by atoms with van der Waals surface area (Å²) >= 11 is 0. The summed E-state index contributed by atoms with van der Waals surface area (Å²) in [5.41, 5.74) is 0. The number of carbonyl (C=O) groups is 1. The number of phosphoric ester groups is 1. The van der Waals surface area contributed by atoms with Crippen molar-refractivity contribution >= 4 is 13.7 Å². The lowest BCUT2D eigenvalue weighted by atomic mass is 9.85. The van der Waals surface area contributed by atoms with E-state index < -0.39 is 75.2 Å². The fraction of sp³-hybridized carbons (Fsp3) is 0.848. The Morgan fingerprint density at radius 2 is 0.983 bits per heavy atom. The molecule has 13 nitrogen and oxygen atoms in total. The number of hydrogen-bond donors (Lipinski definition) is 9. The summed E-state index contributed by atoms with van der Waals surface area (Å²) in [6.45, 7) is 3.70. The molecule has 8 unspecified atom stereocenters. The maximum absolute atomic E-state index is 13.0. The van der Waals surface area contributed by atoms with Crippen molar-refractivity contribution in [2.24, 2.45) is 0 Å². The summed E-state index contributed by atoms with van der Waals surface area (Å²) in [7, 11) is -5.15. The summed E-state index contributed by atoms with van der Waals surface area (Å²) in [5, 5.41) is 74.3. The molecule has 1 rings (SSSR count). The van der Waals surface area contributed by atoms with Gasteiger partial charge < -0.3 is 46.0 Å². The first-order valence-electron chi connectivity index (χ1n) is 23.5. The molecule has 0 aromatic carbocycles. The van der Waals surface area contributed by atoms with Crippen molar-refractivity contribution < 1.29 is 59.0 Å². The first kappa shape index (κ1) is 56.5. The van der Waals surface area contributed by atoms with Crippen LogP contribution < -0.4 is 5.32 Å². The number of aliphatic hydroxyl groups is 7. The van der Waals surface area contributed by atoms with E-state index in [0.717, 1.165) is 44.9 Å². The molecule has 1 aliphatic rings. The topological polar surface area (TPSA) is 226 Å². The molecule has 0 bridgehead atoms. The Balaban J connectivity index is 2.58. The van der Waals surface area contributed by atoms with E-state index in [1.165, 1.54) is 109 Å². The Labute approximate surface area is 362 Å². The fourth-order valence-corrected chi connectivity index (χ4v) is 8.30. The third kappa shape index (κ3) is 27.6. The van der Waals surface area contributed by atoms with E-state index in [1.54, 1.807) is 6.08 Å². The highest BCUT2D eigenvalue weighted by molar-refractivity contribution is 7.47. The average Bonchev–Trinajstić information content (AvgIpc) is 3.22. The van der Waals surface area contributed by atoms with Crippen molar-refractivity contribution in [2.75, 3.05) is 6.61 Å². The lowest BCUT2D eigenvalue weighted by Gasteiger charge is -2.41. The van der Waals surface area contributed by atoms with Crippen LogP contribution in [0.2, 0.25) is 0 Å². The zero-order valence-corrected chi connectivity index (χ0v) is 38.0. The number of phosphoric acid groups is 1. The standard InChI is InChI=1S/C46H86NO12P/c1-3-5-7-9-11-13-15-16-17-18-19-20-21-22-23-24-26-28-30-32-34-39(49)38(36-58-60(56,57)59-46-44(54)42(52)41(51)43(53)45(46)55)47-40(50)35-37(48)33-31-29-27-25-14-12-10-8-6-4-2/h20-21,24,26,32,34,37-39,41-46,48-49,51-55H,3-19,22-23,25,27-31,33,35-36H2,1-2H3,(H,47,50)(H,56,57)/b21-20+,26-24+,34-32+. The lowest BCUT2D eigenvalue weighted by molar-refractivity contribution is -0.220. The molecule has 60 heavy (non-hydrogen) atoms. The molecule has 0 saturated heterocycles. The molecular formula is C46H86NO12P. The summed E-state index contributed by atoms with van der Waals surface area (Å²) < 4.78 is 22.8. The van der Waals surface area contributed by atoms with E-state index >= 15 is 0 Å². The van der Waals surface area contributed by atoms with Crippen molar-refractivity contribution in [3.63, 3.8) is 0 Å². The fourth-order valence-electron chi connectivity index (χ4n) is 7.33. The molecule has 9 N–H and O–H groups in total. The molecule has 1 saturated carbocycles. The third-order valence-electron chi connectivity index (χ3n) is 11.2. The van der Waals surface area contributed by atoms with Gasteiger partial charge in [0.05, 0.1) is 31.3 Å². The van der Waals surface area contributed by atoms with Gasteiger partial charge >= 0.3 is 7.82 Å². The number of allylic oxidation sites excluding steroid dienone is 5. The Hall–Kier alpha value is -1.48. The van der Waals surface area contributed by atoms with Crippen molar-refractivity contribution in [3.05, 3.63) is 36.5 Å². The highest BCUT2D eigenvalue weighted by Crippen LogP contribution is 2.47. The molecule has 1 fully saturated rings. The van der Waals surface area contributed by atoms with Crippen LogP contribution in [-0.2, 0) is 18.4 Å². The SMILES string of the molecule is CCCCCCCCCCCC/C=C/CC/C=C/CC/C=C/C(O)C(COP(=O)(O)OC1C(O)C(O)C(O)C(O)C1O)NC(=O)CC(O)CCCCCCCCCCCC. The highest BCUT2D eigenvalue weighted by atomic mass is 31.2. The second-order valence-electron chi connectivity index (χ2n) is 16.8. The quantitative estimate of drug-likeness (QED) is 0.0165. The maximum Gasteiger partial charge on any atom is 0.472 e. The summed E-state index contributed by atoms with van der Waals surface area (Å²) in [6.07, 6.45) is 26.8. The molecular weight excluding hydrogens is 789 g/mol. The van der Waals surface area contributed by atoms with Crippen LogP contribution in [0.5, 0.6) is 0 Å². The number of rotatable bonds is 38. The van der Waals surface area contributed by atoms with Gasteiger partial charge in [-0.1, -0.05) is 172 Å². The minimum Gasteiger partial charge on any atom is -0.393 e. The first-order chi connectivity index (χ1) is 28.8. The van der Waals surface area contributed by atoms with Gasteiger partial charge in [-0.25, -0.2) is 4.57 Å². The Kier molecular flexibility index (Phi) is 33.8. The van der Waals surface area contributed by atoms with E-state index in [2.05, 4.69) is 43.5 Å². The molecule has 0 aliphatic heterocycles. The van der Waals surface area contributed by atoms with Crippen LogP contribution in [0.3, 0.4) is 0 Å². The predicted octanol–water partition coefficient (Wildman–Crippen LogP) is 7.75. The van der Waals surface area contributed by atoms with Crippen LogP contribution >= 0.6 is 7.82 Å². The molecule has 0 spiro atoms. The summed E-state index contributed by atoms with van der Waals surface area (Å²) in [6, 6.07) is -1.26. The molecule has 8 atom stereocenters. The van der Waals surface area contributed by atoms with Crippen molar-refractivity contribution in [3.8, 4) is 0 Å². The minimum absolute atomic E-state index is 0.254. The van der Waals surface area contributed by atoms with Gasteiger partial charge in [0.15, 0.2) is 0 Å². The largest absolute Gasteiger partial charge is 0.472 e. The van der Waals surface area contributed by atoms with Gasteiger partial charge in [-0.05, 0) is 44.9 Å². The Morgan fingerprint density at radius 3 is 1.47 bits per heavy atom. The normalized spacial score (nSPS) is 23.7. The van der Waals surface area contributed by atoms with Crippen LogP contribution in [0, 0.1) is 0 Å². The zero-order valence-electron chi connectivity index (χ0n) is 37.1. The Morgan fingerprint density at radius 1 is 0.583 bits per heavy atom. The number of aliphatic hydroxyl groups excluding tert-OH is 7. The zero-order chi connectivity index (χ0) is 44.4. The van der Waals surface area contributed by atoms with Gasteiger partial charge in [0.25, 0.3) is 0 Å². The van der Waals surface area contributed by atoms with Gasteiger partial charge in [-0.15, -0.1) is 0 Å². The van der Waals surface area contributed by atoms with Gasteiger partial charge in [0.2, 0.25) is 5.91 Å². The highest BCUT2D eigenvalue weighted by Gasteiger charge is 2.51. The predicted molar refractivity (Wildman–Crippen MR) is 238 cm³/mol. The van der Waals surface area contributed by atoms with Crippen LogP contribution in [-0.4, -0.2) is 108 Å². The van der Waals surface area contributed by atoms with E-state index in [1.807, 2.05) is 0 Å². The molecule has 0 aromatic rings. The van der Waals surface area contributed by atoms with Crippen LogP contribution in [0.15, 0.2) is 36.5 Å². The van der Waals surface area contributed by atoms with Crippen LogP contribution in [0.4, 0.5) is 0 Å². The second-order valence-corrected chi connectivity index (χ2v) is 18.2. The summed E-state index contributed by atoms with van der Waals surface area (Å²) in [5.74, 6) is -0.608. The van der Waals surface area contributed by atoms with E-state index in [-0.39, 0.29) is 6.42 Å². The second kappa shape index (κ2) is 35.9. The van der Waals surface area contributed by atoms with E-state index in [9.17, 15) is 50.0 Å². The van der Waals surface area contributed by atoms with Gasteiger partial charge in [0, 0.05) is 0 Å². The Bertz CT molecular complexity index is 1170. The van der Waals surface area contributed by atoms with Crippen LogP contribution in [0.25, 0.3) is 0 Å². The number of nitrogens with one attached hydrogen (secondary N) is 1. The molecule has 0 radical (unpaired) electrons. The van der Waals surface area contributed by atoms with Crippen LogP contribution in [0.1, 0.15) is 187 Å². The number of amides is 1. The molecule has 14 heteroatoms.